The molecule has 1 fully saturated rings. The van der Waals surface area contributed by atoms with Gasteiger partial charge in [0.05, 0.1) is 24.9 Å². The molecule has 0 bridgehead atoms. The number of ether oxygens (including phenoxy) is 4. The number of hydrogen-bond acceptors (Lipinski definition) is 5. The minimum absolute atomic E-state index is 0.128. The largest absolute Gasteiger partial charge is 0.465 e. The Morgan fingerprint density at radius 3 is 2.76 bits per heavy atom. The third kappa shape index (κ3) is 3.62. The molecule has 0 spiro atoms. The van der Waals surface area contributed by atoms with Crippen molar-refractivity contribution in [2.45, 2.75) is 45.5 Å². The van der Waals surface area contributed by atoms with E-state index in [4.69, 9.17) is 18.9 Å². The van der Waals surface area contributed by atoms with Crippen molar-refractivity contribution in [2.75, 3.05) is 6.61 Å². The molecular formula is C24H26O5. The minimum atomic E-state index is -1.46. The molecule has 2 aliphatic rings. The fourth-order valence-corrected chi connectivity index (χ4v) is 4.02. The highest BCUT2D eigenvalue weighted by Crippen LogP contribution is 2.46. The van der Waals surface area contributed by atoms with Gasteiger partial charge in [-0.3, -0.25) is 0 Å². The first-order chi connectivity index (χ1) is 14.0. The number of carbonyl (C=O) groups excluding carboxylic acids is 1. The van der Waals surface area contributed by atoms with Crippen LogP contribution in [-0.2, 0) is 27.1 Å². The summed E-state index contributed by atoms with van der Waals surface area (Å²) < 4.78 is 23.4. The summed E-state index contributed by atoms with van der Waals surface area (Å²) in [5.41, 5.74) is 3.02. The number of aryl methyl sites for hydroxylation is 1. The summed E-state index contributed by atoms with van der Waals surface area (Å²) in [4.78, 5) is 13.0. The number of carbonyl (C=O) groups is 1. The number of esters is 1. The van der Waals surface area contributed by atoms with Crippen molar-refractivity contribution in [3.8, 4) is 11.5 Å². The van der Waals surface area contributed by atoms with Crippen molar-refractivity contribution in [3.63, 3.8) is 0 Å². The zero-order valence-electron chi connectivity index (χ0n) is 17.0. The highest BCUT2D eigenvalue weighted by molar-refractivity contribution is 5.80. The average Bonchev–Trinajstić information content (AvgIpc) is 2.72. The number of rotatable bonds is 6. The molecule has 0 saturated carbocycles. The van der Waals surface area contributed by atoms with E-state index in [1.807, 2.05) is 62.4 Å². The maximum absolute atomic E-state index is 13.0. The van der Waals surface area contributed by atoms with Gasteiger partial charge < -0.3 is 18.9 Å². The first kappa shape index (κ1) is 19.5. The predicted octanol–water partition coefficient (Wildman–Crippen LogP) is 4.36. The van der Waals surface area contributed by atoms with Crippen LogP contribution in [0, 0.1) is 12.8 Å². The molecule has 2 aromatic carbocycles. The van der Waals surface area contributed by atoms with Gasteiger partial charge in [0.25, 0.3) is 0 Å². The van der Waals surface area contributed by atoms with Crippen LogP contribution >= 0.6 is 0 Å². The molecule has 2 heterocycles. The number of hydrogen-bond donors (Lipinski definition) is 0. The maximum Gasteiger partial charge on any atom is 0.380 e. The Morgan fingerprint density at radius 2 is 2.03 bits per heavy atom. The van der Waals surface area contributed by atoms with Gasteiger partial charge >= 0.3 is 11.8 Å². The second kappa shape index (κ2) is 7.91. The Morgan fingerprint density at radius 1 is 1.24 bits per heavy atom. The van der Waals surface area contributed by atoms with Crippen LogP contribution in [0.15, 0.2) is 54.8 Å². The predicted molar refractivity (Wildman–Crippen MR) is 109 cm³/mol. The van der Waals surface area contributed by atoms with Crippen molar-refractivity contribution >= 4 is 5.97 Å². The van der Waals surface area contributed by atoms with Gasteiger partial charge in [0.1, 0.15) is 11.5 Å². The Kier molecular flexibility index (Phi) is 5.33. The molecule has 0 radical (unpaired) electrons. The van der Waals surface area contributed by atoms with Crippen LogP contribution in [0.25, 0.3) is 0 Å². The summed E-state index contributed by atoms with van der Waals surface area (Å²) in [7, 11) is 0. The summed E-state index contributed by atoms with van der Waals surface area (Å²) in [5.74, 6) is -0.772. The summed E-state index contributed by atoms with van der Waals surface area (Å²) in [6.45, 7) is 5.98. The van der Waals surface area contributed by atoms with Gasteiger partial charge in [0.15, 0.2) is 0 Å². The van der Waals surface area contributed by atoms with E-state index in [0.717, 1.165) is 22.4 Å². The molecule has 3 unspecified atom stereocenters. The third-order valence-electron chi connectivity index (χ3n) is 5.46. The fourth-order valence-electron chi connectivity index (χ4n) is 4.02. The lowest BCUT2D eigenvalue weighted by Gasteiger charge is -2.50. The van der Waals surface area contributed by atoms with Crippen molar-refractivity contribution in [3.05, 3.63) is 71.5 Å². The molecule has 0 N–H and O–H groups in total. The molecule has 2 aliphatic heterocycles. The molecule has 29 heavy (non-hydrogen) atoms. The Labute approximate surface area is 171 Å². The average molecular weight is 394 g/mol. The minimum Gasteiger partial charge on any atom is -0.465 e. The van der Waals surface area contributed by atoms with E-state index in [1.54, 1.807) is 13.2 Å². The lowest BCUT2D eigenvalue weighted by Crippen LogP contribution is -2.68. The molecule has 152 valence electrons. The quantitative estimate of drug-likeness (QED) is 0.682. The first-order valence-corrected chi connectivity index (χ1v) is 10.1. The number of fused-ring (bicyclic) bond motifs is 1. The van der Waals surface area contributed by atoms with Gasteiger partial charge in [-0.05, 0) is 56.5 Å². The first-order valence-electron chi connectivity index (χ1n) is 10.1. The van der Waals surface area contributed by atoms with E-state index in [0.29, 0.717) is 18.6 Å². The second-order valence-electron chi connectivity index (χ2n) is 7.54. The SMILES string of the molecule is CCOC(=O)C1(Oc2cc(C)cc3c2CC=CO3)OC(C)C1Cc1ccccc1. The Bertz CT molecular complexity index is 920. The zero-order chi connectivity index (χ0) is 20.4. The standard InChI is InChI=1S/C24H26O5/c1-4-26-23(25)24(20(17(3)28-24)15-18-9-6-5-7-10-18)29-22-14-16(2)13-21-19(22)11-8-12-27-21/h5-10,12-14,17,20H,4,11,15H2,1-3H3. The summed E-state index contributed by atoms with van der Waals surface area (Å²) in [5, 5.41) is 0. The van der Waals surface area contributed by atoms with E-state index in [2.05, 4.69) is 0 Å². The summed E-state index contributed by atoms with van der Waals surface area (Å²) in [6, 6.07) is 14.0. The Balaban J connectivity index is 1.70. The van der Waals surface area contributed by atoms with Gasteiger partial charge in [-0.25, -0.2) is 4.79 Å². The molecular weight excluding hydrogens is 368 g/mol. The molecule has 1 saturated heterocycles. The third-order valence-corrected chi connectivity index (χ3v) is 5.46. The summed E-state index contributed by atoms with van der Waals surface area (Å²) in [6.07, 6.45) is 4.80. The lowest BCUT2D eigenvalue weighted by atomic mass is 9.81. The van der Waals surface area contributed by atoms with Crippen LogP contribution in [-0.4, -0.2) is 24.5 Å². The lowest BCUT2D eigenvalue weighted by molar-refractivity contribution is -0.334. The van der Waals surface area contributed by atoms with Crippen LogP contribution in [0.4, 0.5) is 0 Å². The monoisotopic (exact) mass is 394 g/mol. The van der Waals surface area contributed by atoms with Gasteiger partial charge in [-0.1, -0.05) is 30.3 Å². The van der Waals surface area contributed by atoms with Gasteiger partial charge in [0.2, 0.25) is 0 Å². The number of benzene rings is 2. The highest BCUT2D eigenvalue weighted by atomic mass is 16.8. The van der Waals surface area contributed by atoms with Crippen LogP contribution in [0.1, 0.15) is 30.5 Å². The van der Waals surface area contributed by atoms with E-state index in [9.17, 15) is 4.79 Å². The van der Waals surface area contributed by atoms with Crippen molar-refractivity contribution in [1.82, 2.24) is 0 Å². The second-order valence-corrected chi connectivity index (χ2v) is 7.54. The highest BCUT2D eigenvalue weighted by Gasteiger charge is 2.63. The van der Waals surface area contributed by atoms with Crippen molar-refractivity contribution < 1.29 is 23.7 Å². The molecule has 0 aliphatic carbocycles. The van der Waals surface area contributed by atoms with Crippen LogP contribution < -0.4 is 9.47 Å². The smallest absolute Gasteiger partial charge is 0.380 e. The molecule has 5 nitrogen and oxygen atoms in total. The maximum atomic E-state index is 13.0. The zero-order valence-corrected chi connectivity index (χ0v) is 17.0. The molecule has 2 aromatic rings. The van der Waals surface area contributed by atoms with Gasteiger partial charge in [0, 0.05) is 12.0 Å². The van der Waals surface area contributed by atoms with E-state index in [-0.39, 0.29) is 18.6 Å². The summed E-state index contributed by atoms with van der Waals surface area (Å²) >= 11 is 0. The normalized spacial score (nSPS) is 24.8. The van der Waals surface area contributed by atoms with Crippen LogP contribution in [0.3, 0.4) is 0 Å². The van der Waals surface area contributed by atoms with E-state index >= 15 is 0 Å². The van der Waals surface area contributed by atoms with E-state index in [1.165, 1.54) is 0 Å². The Hall–Kier alpha value is -2.79. The van der Waals surface area contributed by atoms with E-state index < -0.39 is 11.8 Å². The molecule has 3 atom stereocenters. The van der Waals surface area contributed by atoms with Crippen LogP contribution in [0.5, 0.6) is 11.5 Å². The van der Waals surface area contributed by atoms with Gasteiger partial charge in [-0.2, -0.15) is 0 Å². The molecule has 0 aromatic heterocycles. The van der Waals surface area contributed by atoms with Crippen LogP contribution in [0.2, 0.25) is 0 Å². The van der Waals surface area contributed by atoms with Gasteiger partial charge in [-0.15, -0.1) is 0 Å². The topological polar surface area (TPSA) is 54.0 Å². The van der Waals surface area contributed by atoms with Crippen molar-refractivity contribution in [1.29, 1.82) is 0 Å². The van der Waals surface area contributed by atoms with Crippen molar-refractivity contribution in [2.24, 2.45) is 5.92 Å². The molecule has 0 amide bonds. The number of allylic oxidation sites excluding steroid dienone is 1. The molecule has 4 rings (SSSR count). The fraction of sp³-hybridized carbons (Fsp3) is 0.375. The molecule has 5 heteroatoms.